The standard InChI is InChI=1S/C10H22N2O2/c1-3-5-10(14)12-7-6-11-8-9(13)4-2/h9,11,13H,3-8H2,1-2H3,(H,12,14). The SMILES string of the molecule is CCCC(=O)NCCNCC(O)CC. The van der Waals surface area contributed by atoms with Crippen molar-refractivity contribution in [1.82, 2.24) is 10.6 Å². The molecule has 0 rings (SSSR count). The van der Waals surface area contributed by atoms with Gasteiger partial charge in [0, 0.05) is 26.1 Å². The van der Waals surface area contributed by atoms with Gasteiger partial charge in [-0.05, 0) is 12.8 Å². The molecule has 0 aliphatic rings. The molecule has 0 fully saturated rings. The largest absolute Gasteiger partial charge is 0.392 e. The van der Waals surface area contributed by atoms with Gasteiger partial charge in [0.2, 0.25) is 5.91 Å². The van der Waals surface area contributed by atoms with Crippen molar-refractivity contribution in [3.05, 3.63) is 0 Å². The van der Waals surface area contributed by atoms with Gasteiger partial charge in [0.05, 0.1) is 6.10 Å². The maximum atomic E-state index is 11.0. The Balaban J connectivity index is 3.17. The summed E-state index contributed by atoms with van der Waals surface area (Å²) in [5.41, 5.74) is 0. The molecule has 0 spiro atoms. The van der Waals surface area contributed by atoms with Crippen molar-refractivity contribution in [1.29, 1.82) is 0 Å². The summed E-state index contributed by atoms with van der Waals surface area (Å²) >= 11 is 0. The zero-order valence-electron chi connectivity index (χ0n) is 9.18. The second-order valence-electron chi connectivity index (χ2n) is 3.37. The van der Waals surface area contributed by atoms with Crippen LogP contribution in [-0.2, 0) is 4.79 Å². The van der Waals surface area contributed by atoms with Crippen molar-refractivity contribution in [2.24, 2.45) is 0 Å². The van der Waals surface area contributed by atoms with E-state index in [1.807, 2.05) is 13.8 Å². The monoisotopic (exact) mass is 202 g/mol. The van der Waals surface area contributed by atoms with E-state index in [2.05, 4.69) is 10.6 Å². The predicted molar refractivity (Wildman–Crippen MR) is 57.1 cm³/mol. The van der Waals surface area contributed by atoms with Crippen LogP contribution in [0, 0.1) is 0 Å². The molecule has 0 saturated carbocycles. The Morgan fingerprint density at radius 2 is 2.07 bits per heavy atom. The lowest BCUT2D eigenvalue weighted by Gasteiger charge is -2.09. The van der Waals surface area contributed by atoms with Crippen LogP contribution in [0.3, 0.4) is 0 Å². The number of aliphatic hydroxyl groups excluding tert-OH is 1. The maximum Gasteiger partial charge on any atom is 0.220 e. The second kappa shape index (κ2) is 8.97. The van der Waals surface area contributed by atoms with Crippen molar-refractivity contribution >= 4 is 5.91 Å². The van der Waals surface area contributed by atoms with Crippen molar-refractivity contribution in [2.45, 2.75) is 39.2 Å². The summed E-state index contributed by atoms with van der Waals surface area (Å²) in [5.74, 6) is 0.102. The summed E-state index contributed by atoms with van der Waals surface area (Å²) in [7, 11) is 0. The van der Waals surface area contributed by atoms with Crippen molar-refractivity contribution in [3.8, 4) is 0 Å². The number of aliphatic hydroxyl groups is 1. The molecule has 4 nitrogen and oxygen atoms in total. The predicted octanol–water partition coefficient (Wildman–Crippen LogP) is 0.263. The van der Waals surface area contributed by atoms with Crippen LogP contribution in [-0.4, -0.2) is 36.8 Å². The van der Waals surface area contributed by atoms with E-state index >= 15 is 0 Å². The van der Waals surface area contributed by atoms with E-state index in [0.717, 1.165) is 12.8 Å². The van der Waals surface area contributed by atoms with Gasteiger partial charge in [-0.15, -0.1) is 0 Å². The number of hydrogen-bond donors (Lipinski definition) is 3. The van der Waals surface area contributed by atoms with E-state index < -0.39 is 0 Å². The first-order valence-corrected chi connectivity index (χ1v) is 5.36. The lowest BCUT2D eigenvalue weighted by atomic mass is 10.3. The van der Waals surface area contributed by atoms with Gasteiger partial charge in [0.15, 0.2) is 0 Å². The van der Waals surface area contributed by atoms with Gasteiger partial charge in [-0.1, -0.05) is 13.8 Å². The molecule has 1 amide bonds. The zero-order valence-corrected chi connectivity index (χ0v) is 9.18. The van der Waals surface area contributed by atoms with Crippen molar-refractivity contribution in [3.63, 3.8) is 0 Å². The molecule has 4 heteroatoms. The molecule has 1 atom stereocenters. The van der Waals surface area contributed by atoms with Crippen LogP contribution in [0.4, 0.5) is 0 Å². The average Bonchev–Trinajstić information content (AvgIpc) is 2.17. The Labute approximate surface area is 86.1 Å². The molecule has 1 unspecified atom stereocenters. The van der Waals surface area contributed by atoms with Crippen molar-refractivity contribution < 1.29 is 9.90 Å². The fourth-order valence-electron chi connectivity index (χ4n) is 1.02. The van der Waals surface area contributed by atoms with Crippen molar-refractivity contribution in [2.75, 3.05) is 19.6 Å². The first-order chi connectivity index (χ1) is 6.70. The number of amides is 1. The Morgan fingerprint density at radius 3 is 2.64 bits per heavy atom. The summed E-state index contributed by atoms with van der Waals surface area (Å²) in [6.07, 6.45) is 1.96. The molecule has 0 bridgehead atoms. The Hall–Kier alpha value is -0.610. The second-order valence-corrected chi connectivity index (χ2v) is 3.37. The Bertz CT molecular complexity index is 151. The van der Waals surface area contributed by atoms with Gasteiger partial charge >= 0.3 is 0 Å². The Morgan fingerprint density at radius 1 is 1.36 bits per heavy atom. The number of hydrogen-bond acceptors (Lipinski definition) is 3. The number of carbonyl (C=O) groups is 1. The van der Waals surface area contributed by atoms with Gasteiger partial charge in [-0.2, -0.15) is 0 Å². The molecule has 0 aliphatic heterocycles. The average molecular weight is 202 g/mol. The van der Waals surface area contributed by atoms with E-state index in [9.17, 15) is 9.90 Å². The minimum absolute atomic E-state index is 0.102. The van der Waals surface area contributed by atoms with Crippen LogP contribution >= 0.6 is 0 Å². The van der Waals surface area contributed by atoms with Crippen LogP contribution in [0.1, 0.15) is 33.1 Å². The topological polar surface area (TPSA) is 61.4 Å². The highest BCUT2D eigenvalue weighted by atomic mass is 16.3. The molecule has 14 heavy (non-hydrogen) atoms. The lowest BCUT2D eigenvalue weighted by molar-refractivity contribution is -0.121. The third-order valence-corrected chi connectivity index (χ3v) is 1.95. The summed E-state index contributed by atoms with van der Waals surface area (Å²) < 4.78 is 0. The van der Waals surface area contributed by atoms with Gasteiger partial charge < -0.3 is 15.7 Å². The molecule has 0 aromatic rings. The first kappa shape index (κ1) is 13.4. The molecular weight excluding hydrogens is 180 g/mol. The molecule has 84 valence electrons. The summed E-state index contributed by atoms with van der Waals surface area (Å²) in [6.45, 7) is 5.87. The van der Waals surface area contributed by atoms with Crippen LogP contribution < -0.4 is 10.6 Å². The molecule has 0 saturated heterocycles. The summed E-state index contributed by atoms with van der Waals surface area (Å²) in [6, 6.07) is 0. The van der Waals surface area contributed by atoms with Gasteiger partial charge in [-0.25, -0.2) is 0 Å². The van der Waals surface area contributed by atoms with Crippen LogP contribution in [0.5, 0.6) is 0 Å². The minimum Gasteiger partial charge on any atom is -0.392 e. The number of carbonyl (C=O) groups excluding carboxylic acids is 1. The molecule has 0 heterocycles. The van der Waals surface area contributed by atoms with Crippen LogP contribution in [0.25, 0.3) is 0 Å². The summed E-state index contributed by atoms with van der Waals surface area (Å²) in [5, 5.41) is 15.1. The fourth-order valence-corrected chi connectivity index (χ4v) is 1.02. The number of rotatable bonds is 8. The van der Waals surface area contributed by atoms with E-state index in [-0.39, 0.29) is 12.0 Å². The lowest BCUT2D eigenvalue weighted by Crippen LogP contribution is -2.34. The van der Waals surface area contributed by atoms with E-state index in [0.29, 0.717) is 26.1 Å². The van der Waals surface area contributed by atoms with E-state index in [1.165, 1.54) is 0 Å². The molecule has 0 aromatic carbocycles. The maximum absolute atomic E-state index is 11.0. The number of nitrogens with one attached hydrogen (secondary N) is 2. The quantitative estimate of drug-likeness (QED) is 0.495. The Kier molecular flexibility index (Phi) is 8.57. The fraction of sp³-hybridized carbons (Fsp3) is 0.900. The zero-order chi connectivity index (χ0) is 10.8. The first-order valence-electron chi connectivity index (χ1n) is 5.36. The van der Waals surface area contributed by atoms with Gasteiger partial charge in [0.1, 0.15) is 0 Å². The third kappa shape index (κ3) is 8.01. The molecule has 0 aromatic heterocycles. The highest BCUT2D eigenvalue weighted by Gasteiger charge is 1.99. The molecule has 0 radical (unpaired) electrons. The van der Waals surface area contributed by atoms with Gasteiger partial charge in [0.25, 0.3) is 0 Å². The van der Waals surface area contributed by atoms with Crippen LogP contribution in [0.2, 0.25) is 0 Å². The smallest absolute Gasteiger partial charge is 0.220 e. The third-order valence-electron chi connectivity index (χ3n) is 1.95. The normalized spacial score (nSPS) is 12.5. The highest BCUT2D eigenvalue weighted by Crippen LogP contribution is 1.86. The molecular formula is C10H22N2O2. The van der Waals surface area contributed by atoms with E-state index in [4.69, 9.17) is 0 Å². The molecule has 0 aliphatic carbocycles. The van der Waals surface area contributed by atoms with E-state index in [1.54, 1.807) is 0 Å². The van der Waals surface area contributed by atoms with Gasteiger partial charge in [-0.3, -0.25) is 4.79 Å². The minimum atomic E-state index is -0.277. The highest BCUT2D eigenvalue weighted by molar-refractivity contribution is 5.75. The summed E-state index contributed by atoms with van der Waals surface area (Å²) in [4.78, 5) is 11.0. The van der Waals surface area contributed by atoms with Crippen LogP contribution in [0.15, 0.2) is 0 Å². The molecule has 3 N–H and O–H groups in total.